The van der Waals surface area contributed by atoms with E-state index in [-0.39, 0.29) is 0 Å². The van der Waals surface area contributed by atoms with Crippen molar-refractivity contribution in [1.29, 1.82) is 0 Å². The molecule has 4 heteroatoms. The van der Waals surface area contributed by atoms with Gasteiger partial charge < -0.3 is 4.42 Å². The van der Waals surface area contributed by atoms with Gasteiger partial charge in [0.15, 0.2) is 17.5 Å². The predicted octanol–water partition coefficient (Wildman–Crippen LogP) is 10.7. The van der Waals surface area contributed by atoms with E-state index in [0.29, 0.717) is 17.5 Å². The standard InChI is InChI=1S/C41H25N3O/c1-2-11-27(12-3-1)39-42-40(32-20-21-34-33-16-8-9-17-37(33)45-38(34)25-32)44-41(43-39)36-24-30-15-7-6-14-29(30)23-35(36)31-19-18-26-10-4-5-13-28(26)22-31/h1-25H. The fraction of sp³-hybridized carbons (Fsp3) is 0. The van der Waals surface area contributed by atoms with Gasteiger partial charge in [0.25, 0.3) is 0 Å². The Kier molecular flexibility index (Phi) is 5.78. The lowest BCUT2D eigenvalue weighted by Gasteiger charge is -2.14. The number of aromatic nitrogens is 3. The monoisotopic (exact) mass is 575 g/mol. The summed E-state index contributed by atoms with van der Waals surface area (Å²) in [6, 6.07) is 52.4. The normalized spacial score (nSPS) is 11.6. The largest absolute Gasteiger partial charge is 0.456 e. The molecule has 0 unspecified atom stereocenters. The predicted molar refractivity (Wildman–Crippen MR) is 184 cm³/mol. The first-order valence-electron chi connectivity index (χ1n) is 15.0. The number of hydrogen-bond donors (Lipinski definition) is 0. The maximum Gasteiger partial charge on any atom is 0.164 e. The van der Waals surface area contributed by atoms with Gasteiger partial charge in [0.2, 0.25) is 0 Å². The first-order chi connectivity index (χ1) is 22.3. The summed E-state index contributed by atoms with van der Waals surface area (Å²) in [4.78, 5) is 15.3. The summed E-state index contributed by atoms with van der Waals surface area (Å²) in [6.45, 7) is 0. The minimum atomic E-state index is 0.596. The zero-order chi connectivity index (χ0) is 29.7. The van der Waals surface area contributed by atoms with Gasteiger partial charge in [-0.2, -0.15) is 0 Å². The highest BCUT2D eigenvalue weighted by molar-refractivity contribution is 6.06. The Bertz CT molecular complexity index is 2550. The lowest BCUT2D eigenvalue weighted by Crippen LogP contribution is -2.01. The van der Waals surface area contributed by atoms with Gasteiger partial charge in [-0.25, -0.2) is 15.0 Å². The van der Waals surface area contributed by atoms with Gasteiger partial charge in [0.05, 0.1) is 0 Å². The first-order valence-corrected chi connectivity index (χ1v) is 15.0. The Labute approximate surface area is 259 Å². The molecule has 0 radical (unpaired) electrons. The van der Waals surface area contributed by atoms with Crippen molar-refractivity contribution >= 4 is 43.5 Å². The van der Waals surface area contributed by atoms with Crippen molar-refractivity contribution in [3.63, 3.8) is 0 Å². The third kappa shape index (κ3) is 4.43. The SMILES string of the molecule is c1ccc(-c2nc(-c3ccc4c(c3)oc3ccccc34)nc(-c3cc4ccccc4cc3-c3ccc4ccccc4c3)n2)cc1. The molecule has 0 aliphatic heterocycles. The van der Waals surface area contributed by atoms with E-state index in [1.165, 1.54) is 10.8 Å². The maximum absolute atomic E-state index is 6.23. The molecule has 7 aromatic carbocycles. The van der Waals surface area contributed by atoms with Crippen LogP contribution in [0.15, 0.2) is 156 Å². The first kappa shape index (κ1) is 25.4. The van der Waals surface area contributed by atoms with Gasteiger partial charge in [0.1, 0.15) is 11.2 Å². The quantitative estimate of drug-likeness (QED) is 0.209. The van der Waals surface area contributed by atoms with E-state index in [2.05, 4.69) is 97.1 Å². The van der Waals surface area contributed by atoms with E-state index >= 15 is 0 Å². The van der Waals surface area contributed by atoms with Gasteiger partial charge in [-0.15, -0.1) is 0 Å². The van der Waals surface area contributed by atoms with Gasteiger partial charge in [-0.05, 0) is 69.1 Å². The number of furan rings is 1. The van der Waals surface area contributed by atoms with Crippen LogP contribution in [-0.2, 0) is 0 Å². The number of fused-ring (bicyclic) bond motifs is 5. The molecular weight excluding hydrogens is 550 g/mol. The molecule has 0 N–H and O–H groups in total. The van der Waals surface area contributed by atoms with E-state index in [4.69, 9.17) is 19.4 Å². The van der Waals surface area contributed by atoms with Gasteiger partial charge in [-0.1, -0.05) is 115 Å². The molecule has 0 atom stereocenters. The number of hydrogen-bond acceptors (Lipinski definition) is 4. The molecule has 0 bridgehead atoms. The average molecular weight is 576 g/mol. The molecule has 0 aliphatic rings. The number of nitrogens with zero attached hydrogens (tertiary/aromatic N) is 3. The van der Waals surface area contributed by atoms with E-state index in [9.17, 15) is 0 Å². The molecule has 0 fully saturated rings. The molecule has 4 nitrogen and oxygen atoms in total. The van der Waals surface area contributed by atoms with E-state index < -0.39 is 0 Å². The third-order valence-corrected chi connectivity index (χ3v) is 8.49. The summed E-state index contributed by atoms with van der Waals surface area (Å²) in [7, 11) is 0. The molecule has 0 spiro atoms. The van der Waals surface area contributed by atoms with E-state index in [1.807, 2.05) is 54.6 Å². The molecular formula is C41H25N3O. The topological polar surface area (TPSA) is 51.8 Å². The molecule has 2 aromatic heterocycles. The van der Waals surface area contributed by atoms with Crippen molar-refractivity contribution < 1.29 is 4.42 Å². The fourth-order valence-electron chi connectivity index (χ4n) is 6.23. The van der Waals surface area contributed by atoms with E-state index in [0.717, 1.165) is 60.5 Å². The molecule has 210 valence electrons. The molecule has 2 heterocycles. The van der Waals surface area contributed by atoms with Crippen molar-refractivity contribution in [3.05, 3.63) is 152 Å². The molecule has 9 aromatic rings. The molecule has 0 amide bonds. The second kappa shape index (κ2) is 10.2. The Morgan fingerprint density at radius 2 is 0.911 bits per heavy atom. The van der Waals surface area contributed by atoms with Crippen molar-refractivity contribution in [2.45, 2.75) is 0 Å². The average Bonchev–Trinajstić information content (AvgIpc) is 3.49. The van der Waals surface area contributed by atoms with Crippen LogP contribution >= 0.6 is 0 Å². The lowest BCUT2D eigenvalue weighted by atomic mass is 9.93. The third-order valence-electron chi connectivity index (χ3n) is 8.49. The van der Waals surface area contributed by atoms with Crippen LogP contribution in [0, 0.1) is 0 Å². The second-order valence-electron chi connectivity index (χ2n) is 11.3. The number of para-hydroxylation sites is 1. The van der Waals surface area contributed by atoms with Crippen LogP contribution in [-0.4, -0.2) is 15.0 Å². The highest BCUT2D eigenvalue weighted by Crippen LogP contribution is 2.38. The van der Waals surface area contributed by atoms with Crippen LogP contribution < -0.4 is 0 Å². The Hall–Kier alpha value is -6.13. The zero-order valence-corrected chi connectivity index (χ0v) is 24.2. The van der Waals surface area contributed by atoms with Crippen molar-refractivity contribution in [2.75, 3.05) is 0 Å². The smallest absolute Gasteiger partial charge is 0.164 e. The van der Waals surface area contributed by atoms with Gasteiger partial charge in [0, 0.05) is 27.5 Å². The molecule has 0 aliphatic carbocycles. The summed E-state index contributed by atoms with van der Waals surface area (Å²) in [5.74, 6) is 1.84. The highest BCUT2D eigenvalue weighted by Gasteiger charge is 2.18. The zero-order valence-electron chi connectivity index (χ0n) is 24.2. The summed E-state index contributed by atoms with van der Waals surface area (Å²) >= 11 is 0. The summed E-state index contributed by atoms with van der Waals surface area (Å²) in [5.41, 5.74) is 6.61. The Balaban J connectivity index is 1.30. The van der Waals surface area contributed by atoms with Gasteiger partial charge in [-0.3, -0.25) is 0 Å². The number of benzene rings is 7. The summed E-state index contributed by atoms with van der Waals surface area (Å²) < 4.78 is 6.23. The lowest BCUT2D eigenvalue weighted by molar-refractivity contribution is 0.669. The Morgan fingerprint density at radius 3 is 1.71 bits per heavy atom. The van der Waals surface area contributed by atoms with E-state index in [1.54, 1.807) is 0 Å². The minimum absolute atomic E-state index is 0.596. The second-order valence-corrected chi connectivity index (χ2v) is 11.3. The molecule has 9 rings (SSSR count). The minimum Gasteiger partial charge on any atom is -0.456 e. The van der Waals surface area contributed by atoms with Crippen molar-refractivity contribution in [2.24, 2.45) is 0 Å². The van der Waals surface area contributed by atoms with Crippen LogP contribution in [0.25, 0.3) is 88.8 Å². The molecule has 0 saturated heterocycles. The maximum atomic E-state index is 6.23. The molecule has 0 saturated carbocycles. The van der Waals surface area contributed by atoms with Crippen LogP contribution in [0.3, 0.4) is 0 Å². The summed E-state index contributed by atoms with van der Waals surface area (Å²) in [5, 5.41) is 6.85. The van der Waals surface area contributed by atoms with Crippen molar-refractivity contribution in [3.8, 4) is 45.3 Å². The molecule has 45 heavy (non-hydrogen) atoms. The van der Waals surface area contributed by atoms with Crippen LogP contribution in [0.5, 0.6) is 0 Å². The van der Waals surface area contributed by atoms with Crippen LogP contribution in [0.4, 0.5) is 0 Å². The number of rotatable bonds is 4. The summed E-state index contributed by atoms with van der Waals surface area (Å²) in [6.07, 6.45) is 0. The highest BCUT2D eigenvalue weighted by atomic mass is 16.3. The van der Waals surface area contributed by atoms with Crippen LogP contribution in [0.2, 0.25) is 0 Å². The fourth-order valence-corrected chi connectivity index (χ4v) is 6.23. The van der Waals surface area contributed by atoms with Crippen LogP contribution in [0.1, 0.15) is 0 Å². The Morgan fingerprint density at radius 1 is 0.333 bits per heavy atom. The van der Waals surface area contributed by atoms with Crippen molar-refractivity contribution in [1.82, 2.24) is 15.0 Å². The van der Waals surface area contributed by atoms with Gasteiger partial charge >= 0.3 is 0 Å².